The molecule has 12 nitrogen and oxygen atoms in total. The monoisotopic (exact) mass is 663 g/mol. The third kappa shape index (κ3) is 6.56. The van der Waals surface area contributed by atoms with Gasteiger partial charge in [0.15, 0.2) is 5.82 Å². The highest BCUT2D eigenvalue weighted by Gasteiger charge is 2.28. The zero-order valence-electron chi connectivity index (χ0n) is 27.9. The molecule has 2 amide bonds. The van der Waals surface area contributed by atoms with Crippen molar-refractivity contribution in [3.05, 3.63) is 99.9 Å². The van der Waals surface area contributed by atoms with Crippen LogP contribution in [0.5, 0.6) is 0 Å². The van der Waals surface area contributed by atoms with Crippen molar-refractivity contribution in [2.75, 3.05) is 31.2 Å². The van der Waals surface area contributed by atoms with Crippen molar-refractivity contribution in [3.8, 4) is 16.8 Å². The normalized spacial score (nSPS) is 13.9. The quantitative estimate of drug-likeness (QED) is 0.226. The van der Waals surface area contributed by atoms with Crippen molar-refractivity contribution in [3.63, 3.8) is 0 Å². The fourth-order valence-electron chi connectivity index (χ4n) is 6.45. The lowest BCUT2D eigenvalue weighted by Crippen LogP contribution is -2.40. The Morgan fingerprint density at radius 3 is 2.53 bits per heavy atom. The molecule has 0 radical (unpaired) electrons. The van der Waals surface area contributed by atoms with E-state index in [4.69, 9.17) is 5.73 Å². The van der Waals surface area contributed by atoms with Gasteiger partial charge in [0, 0.05) is 73.3 Å². The van der Waals surface area contributed by atoms with Gasteiger partial charge in [-0.15, -0.1) is 0 Å². The van der Waals surface area contributed by atoms with Crippen LogP contribution in [0.25, 0.3) is 22.3 Å². The number of carbonyl (C=O) groups excluding carboxylic acids is 2. The average Bonchev–Trinajstić information content (AvgIpc) is 3.49. The fraction of sp³-hybridized carbons (Fsp3) is 0.306. The van der Waals surface area contributed by atoms with Crippen LogP contribution >= 0.6 is 0 Å². The van der Waals surface area contributed by atoms with E-state index in [0.717, 1.165) is 35.9 Å². The molecule has 0 spiro atoms. The van der Waals surface area contributed by atoms with Crippen LogP contribution in [0, 0.1) is 18.7 Å². The SMILES string of the molecule is CN=CCc1cc(C(=O)Nc2ccc(-c3cc(C4CCN(C(=O)C(C)C)CC4)n4ncnc(N)c34)cc2)c(=O)n(-c2cncc(F)c2)c1C. The minimum absolute atomic E-state index is 0.0378. The number of rotatable bonds is 8. The Labute approximate surface area is 282 Å². The van der Waals surface area contributed by atoms with Crippen molar-refractivity contribution in [1.29, 1.82) is 0 Å². The van der Waals surface area contributed by atoms with Crippen LogP contribution in [0.1, 0.15) is 59.9 Å². The van der Waals surface area contributed by atoms with Gasteiger partial charge in [-0.3, -0.25) is 23.9 Å². The summed E-state index contributed by atoms with van der Waals surface area (Å²) < 4.78 is 17.2. The molecular weight excluding hydrogens is 625 g/mol. The molecule has 5 heterocycles. The van der Waals surface area contributed by atoms with E-state index >= 15 is 0 Å². The van der Waals surface area contributed by atoms with Crippen molar-refractivity contribution in [1.82, 2.24) is 29.0 Å². The molecule has 0 atom stereocenters. The number of hydrogen-bond acceptors (Lipinski definition) is 8. The molecule has 252 valence electrons. The van der Waals surface area contributed by atoms with E-state index in [0.29, 0.717) is 47.8 Å². The van der Waals surface area contributed by atoms with Crippen LogP contribution in [0.2, 0.25) is 0 Å². The highest BCUT2D eigenvalue weighted by atomic mass is 19.1. The van der Waals surface area contributed by atoms with Gasteiger partial charge < -0.3 is 20.9 Å². The predicted molar refractivity (Wildman–Crippen MR) is 187 cm³/mol. The van der Waals surface area contributed by atoms with Crippen molar-refractivity contribution >= 4 is 35.1 Å². The number of nitrogens with zero attached hydrogens (tertiary/aromatic N) is 7. The number of benzene rings is 1. The number of carbonyl (C=O) groups is 2. The molecule has 1 fully saturated rings. The van der Waals surface area contributed by atoms with Crippen LogP contribution in [0.4, 0.5) is 15.9 Å². The molecule has 0 aliphatic carbocycles. The second-order valence-electron chi connectivity index (χ2n) is 12.5. The van der Waals surface area contributed by atoms with Gasteiger partial charge in [-0.05, 0) is 55.2 Å². The van der Waals surface area contributed by atoms with E-state index in [1.165, 1.54) is 23.2 Å². The summed E-state index contributed by atoms with van der Waals surface area (Å²) in [6, 6.07) is 12.1. The Balaban J connectivity index is 1.29. The first-order valence-electron chi connectivity index (χ1n) is 16.2. The number of anilines is 2. The number of hydrogen-bond donors (Lipinski definition) is 2. The molecule has 1 aromatic carbocycles. The number of aliphatic imine (C=N–C) groups is 1. The lowest BCUT2D eigenvalue weighted by Gasteiger charge is -2.33. The summed E-state index contributed by atoms with van der Waals surface area (Å²) in [6.45, 7) is 6.93. The minimum atomic E-state index is -0.609. The molecule has 1 saturated heterocycles. The third-order valence-electron chi connectivity index (χ3n) is 9.02. The Kier molecular flexibility index (Phi) is 9.34. The van der Waals surface area contributed by atoms with Gasteiger partial charge in [-0.1, -0.05) is 26.0 Å². The second kappa shape index (κ2) is 13.8. The number of amides is 2. The predicted octanol–water partition coefficient (Wildman–Crippen LogP) is 4.83. The summed E-state index contributed by atoms with van der Waals surface area (Å²) in [7, 11) is 1.64. The zero-order valence-corrected chi connectivity index (χ0v) is 27.9. The number of likely N-dealkylation sites (tertiary alicyclic amines) is 1. The summed E-state index contributed by atoms with van der Waals surface area (Å²) in [5, 5.41) is 7.37. The van der Waals surface area contributed by atoms with Gasteiger partial charge in [-0.25, -0.2) is 13.9 Å². The first-order valence-corrected chi connectivity index (χ1v) is 16.2. The first kappa shape index (κ1) is 33.2. The minimum Gasteiger partial charge on any atom is -0.382 e. The molecular formula is C36H38FN9O3. The van der Waals surface area contributed by atoms with E-state index in [9.17, 15) is 18.8 Å². The maximum atomic E-state index is 14.1. The smallest absolute Gasteiger partial charge is 0.268 e. The van der Waals surface area contributed by atoms with Crippen molar-refractivity contribution < 1.29 is 14.0 Å². The van der Waals surface area contributed by atoms with E-state index in [1.807, 2.05) is 35.4 Å². The molecule has 1 aliphatic heterocycles. The van der Waals surface area contributed by atoms with Crippen molar-refractivity contribution in [2.45, 2.75) is 46.0 Å². The number of nitrogens with one attached hydrogen (secondary N) is 1. The van der Waals surface area contributed by atoms with Gasteiger partial charge in [0.2, 0.25) is 5.91 Å². The summed E-state index contributed by atoms with van der Waals surface area (Å²) >= 11 is 0. The van der Waals surface area contributed by atoms with Crippen LogP contribution in [0.3, 0.4) is 0 Å². The molecule has 0 saturated carbocycles. The summed E-state index contributed by atoms with van der Waals surface area (Å²) in [5.74, 6) is -0.558. The average molecular weight is 664 g/mol. The van der Waals surface area contributed by atoms with Gasteiger partial charge in [0.1, 0.15) is 23.2 Å². The number of piperidine rings is 1. The number of aromatic nitrogens is 5. The standard InChI is InChI=1S/C36H38FN9O3/c1-21(2)35(48)44-13-10-24(11-14-44)31-17-29(32-33(38)41-20-42-46(31)32)23-5-7-27(8-6-23)43-34(47)30-15-25(9-12-39-4)22(3)45(36(30)49)28-16-26(37)18-40-19-28/h5-8,12,15-21,24H,9-11,13-14H2,1-4H3,(H,43,47)(H2,38,41,42). The molecule has 6 rings (SSSR count). The van der Waals surface area contributed by atoms with E-state index < -0.39 is 17.3 Å². The van der Waals surface area contributed by atoms with Crippen LogP contribution in [-0.4, -0.2) is 67.2 Å². The van der Waals surface area contributed by atoms with Crippen LogP contribution < -0.4 is 16.6 Å². The number of nitrogen functional groups attached to an aromatic ring is 1. The molecule has 1 aliphatic rings. The van der Waals surface area contributed by atoms with Gasteiger partial charge in [0.05, 0.1) is 18.1 Å². The van der Waals surface area contributed by atoms with Gasteiger partial charge in [-0.2, -0.15) is 5.10 Å². The Morgan fingerprint density at radius 2 is 1.86 bits per heavy atom. The number of pyridine rings is 2. The molecule has 4 aromatic heterocycles. The molecule has 49 heavy (non-hydrogen) atoms. The van der Waals surface area contributed by atoms with E-state index in [-0.39, 0.29) is 29.0 Å². The summed E-state index contributed by atoms with van der Waals surface area (Å²) in [6.07, 6.45) is 7.53. The van der Waals surface area contributed by atoms with Crippen molar-refractivity contribution in [2.24, 2.45) is 10.9 Å². The summed E-state index contributed by atoms with van der Waals surface area (Å²) in [5.41, 5.74) is 11.0. The lowest BCUT2D eigenvalue weighted by atomic mass is 9.92. The fourth-order valence-corrected chi connectivity index (χ4v) is 6.45. The lowest BCUT2D eigenvalue weighted by molar-refractivity contribution is -0.135. The van der Waals surface area contributed by atoms with E-state index in [2.05, 4.69) is 31.4 Å². The number of nitrogens with two attached hydrogens (primary N) is 1. The second-order valence-corrected chi connectivity index (χ2v) is 12.5. The topological polar surface area (TPSA) is 153 Å². The molecule has 3 N–H and O–H groups in total. The zero-order chi connectivity index (χ0) is 34.8. The van der Waals surface area contributed by atoms with E-state index in [1.54, 1.807) is 38.4 Å². The number of halogens is 1. The Bertz CT molecular complexity index is 2130. The van der Waals surface area contributed by atoms with Gasteiger partial charge in [0.25, 0.3) is 11.5 Å². The van der Waals surface area contributed by atoms with Gasteiger partial charge >= 0.3 is 0 Å². The van der Waals surface area contributed by atoms with Crippen LogP contribution in [-0.2, 0) is 11.2 Å². The largest absolute Gasteiger partial charge is 0.382 e. The molecule has 5 aromatic rings. The summed E-state index contributed by atoms with van der Waals surface area (Å²) in [4.78, 5) is 53.9. The Hall–Kier alpha value is -5.72. The molecule has 0 unspecified atom stereocenters. The highest BCUT2D eigenvalue weighted by molar-refractivity contribution is 6.04. The molecule has 13 heteroatoms. The van der Waals surface area contributed by atoms with Crippen LogP contribution in [0.15, 0.2) is 71.0 Å². The maximum absolute atomic E-state index is 14.1. The highest BCUT2D eigenvalue weighted by Crippen LogP contribution is 2.37. The first-order chi connectivity index (χ1) is 23.6. The maximum Gasteiger partial charge on any atom is 0.268 e. The Morgan fingerprint density at radius 1 is 1.12 bits per heavy atom. The third-order valence-corrected chi connectivity index (χ3v) is 9.02. The molecule has 0 bridgehead atoms. The number of fused-ring (bicyclic) bond motifs is 1.